The summed E-state index contributed by atoms with van der Waals surface area (Å²) in [6, 6.07) is 11.8. The van der Waals surface area contributed by atoms with Gasteiger partial charge in [-0.1, -0.05) is 12.1 Å². The fourth-order valence-electron chi connectivity index (χ4n) is 3.68. The second-order valence-electron chi connectivity index (χ2n) is 6.72. The molecule has 1 amide bonds. The van der Waals surface area contributed by atoms with Crippen molar-refractivity contribution in [1.82, 2.24) is 19.9 Å². The van der Waals surface area contributed by atoms with Crippen molar-refractivity contribution in [2.75, 3.05) is 19.3 Å². The number of pyridine rings is 1. The van der Waals surface area contributed by atoms with Crippen molar-refractivity contribution in [2.45, 2.75) is 24.3 Å². The number of nitrogens with one attached hydrogen (secondary N) is 1. The van der Waals surface area contributed by atoms with E-state index in [0.29, 0.717) is 11.5 Å². The fraction of sp³-hybridized carbons (Fsp3) is 0.350. The second kappa shape index (κ2) is 7.50. The van der Waals surface area contributed by atoms with Crippen LogP contribution in [0.15, 0.2) is 47.6 Å². The number of amides is 1. The molecule has 26 heavy (non-hydrogen) atoms. The number of nitrogens with zero attached hydrogens (tertiary/aromatic N) is 3. The topological polar surface area (TPSA) is 61.9 Å². The highest BCUT2D eigenvalue weighted by Gasteiger charge is 2.26. The molecule has 2 aromatic heterocycles. The molecule has 1 N–H and O–H groups in total. The minimum Gasteiger partial charge on any atom is -0.342 e. The number of fused-ring (bicyclic) bond motifs is 1. The second-order valence-corrected chi connectivity index (χ2v) is 7.52. The van der Waals surface area contributed by atoms with Gasteiger partial charge in [-0.2, -0.15) is 0 Å². The van der Waals surface area contributed by atoms with E-state index in [2.05, 4.69) is 21.0 Å². The molecular weight excluding hydrogens is 344 g/mol. The first-order valence-electron chi connectivity index (χ1n) is 8.96. The van der Waals surface area contributed by atoms with Crippen molar-refractivity contribution in [3.8, 4) is 0 Å². The smallest absolute Gasteiger partial charge is 0.256 e. The van der Waals surface area contributed by atoms with E-state index in [1.807, 2.05) is 41.5 Å². The van der Waals surface area contributed by atoms with E-state index < -0.39 is 0 Å². The lowest BCUT2D eigenvalue weighted by molar-refractivity contribution is 0.0668. The fourth-order valence-corrected chi connectivity index (χ4v) is 4.22. The van der Waals surface area contributed by atoms with Crippen molar-refractivity contribution >= 4 is 28.7 Å². The van der Waals surface area contributed by atoms with Crippen molar-refractivity contribution < 1.29 is 4.79 Å². The third-order valence-electron chi connectivity index (χ3n) is 4.92. The summed E-state index contributed by atoms with van der Waals surface area (Å²) in [7, 11) is 0. The van der Waals surface area contributed by atoms with Crippen LogP contribution in [0, 0.1) is 5.92 Å². The van der Waals surface area contributed by atoms with Gasteiger partial charge in [0.25, 0.3) is 5.91 Å². The van der Waals surface area contributed by atoms with E-state index >= 15 is 0 Å². The van der Waals surface area contributed by atoms with Gasteiger partial charge in [0.2, 0.25) is 0 Å². The van der Waals surface area contributed by atoms with Gasteiger partial charge in [-0.25, -0.2) is 9.97 Å². The Bertz CT molecular complexity index is 890. The van der Waals surface area contributed by atoms with E-state index in [1.54, 1.807) is 6.20 Å². The number of thioether (sulfide) groups is 1. The van der Waals surface area contributed by atoms with Gasteiger partial charge in [0.1, 0.15) is 10.9 Å². The molecule has 0 saturated carbocycles. The number of aromatic amines is 1. The average Bonchev–Trinajstić information content (AvgIpc) is 3.09. The number of piperidine rings is 1. The van der Waals surface area contributed by atoms with Gasteiger partial charge < -0.3 is 9.88 Å². The molecule has 3 aromatic rings. The maximum Gasteiger partial charge on any atom is 0.256 e. The summed E-state index contributed by atoms with van der Waals surface area (Å²) < 4.78 is 0. The highest BCUT2D eigenvalue weighted by atomic mass is 32.2. The zero-order valence-electron chi connectivity index (χ0n) is 14.8. The Morgan fingerprint density at radius 1 is 1.31 bits per heavy atom. The Morgan fingerprint density at radius 2 is 2.19 bits per heavy atom. The van der Waals surface area contributed by atoms with Crippen molar-refractivity contribution in [1.29, 1.82) is 0 Å². The van der Waals surface area contributed by atoms with Crippen LogP contribution >= 0.6 is 11.8 Å². The number of hydrogen-bond donors (Lipinski definition) is 1. The highest BCUT2D eigenvalue weighted by molar-refractivity contribution is 7.98. The summed E-state index contributed by atoms with van der Waals surface area (Å²) in [6.07, 6.45) is 6.73. The molecule has 1 aromatic carbocycles. The van der Waals surface area contributed by atoms with Crippen LogP contribution in [0.5, 0.6) is 0 Å². The number of aromatic nitrogens is 3. The van der Waals surface area contributed by atoms with Crippen molar-refractivity contribution in [2.24, 2.45) is 5.92 Å². The summed E-state index contributed by atoms with van der Waals surface area (Å²) in [5, 5.41) is 0.803. The first-order chi connectivity index (χ1) is 12.7. The summed E-state index contributed by atoms with van der Waals surface area (Å²) in [5.41, 5.74) is 2.79. The number of hydrogen-bond acceptors (Lipinski definition) is 4. The molecule has 1 saturated heterocycles. The molecule has 0 spiro atoms. The summed E-state index contributed by atoms with van der Waals surface area (Å²) in [5.74, 6) is 1.54. The van der Waals surface area contributed by atoms with Gasteiger partial charge >= 0.3 is 0 Å². The van der Waals surface area contributed by atoms with E-state index in [-0.39, 0.29) is 5.91 Å². The van der Waals surface area contributed by atoms with Gasteiger partial charge in [0.15, 0.2) is 0 Å². The molecule has 6 heteroatoms. The highest BCUT2D eigenvalue weighted by Crippen LogP contribution is 2.25. The zero-order chi connectivity index (χ0) is 17.9. The molecule has 0 radical (unpaired) electrons. The zero-order valence-corrected chi connectivity index (χ0v) is 15.6. The predicted molar refractivity (Wildman–Crippen MR) is 104 cm³/mol. The first kappa shape index (κ1) is 17.1. The first-order valence-corrected chi connectivity index (χ1v) is 10.2. The number of likely N-dealkylation sites (tertiary alicyclic amines) is 1. The largest absolute Gasteiger partial charge is 0.342 e. The molecule has 1 atom stereocenters. The minimum absolute atomic E-state index is 0.0942. The molecule has 0 aliphatic carbocycles. The molecule has 5 nitrogen and oxygen atoms in total. The number of imidazole rings is 1. The maximum absolute atomic E-state index is 13.0. The lowest BCUT2D eigenvalue weighted by atomic mass is 9.94. The van der Waals surface area contributed by atoms with Crippen LogP contribution in [0.4, 0.5) is 0 Å². The summed E-state index contributed by atoms with van der Waals surface area (Å²) >= 11 is 1.52. The molecule has 3 heterocycles. The number of para-hydroxylation sites is 2. The number of benzene rings is 1. The van der Waals surface area contributed by atoms with E-state index in [0.717, 1.165) is 54.2 Å². The normalized spacial score (nSPS) is 17.6. The minimum atomic E-state index is 0.0942. The summed E-state index contributed by atoms with van der Waals surface area (Å²) in [6.45, 7) is 1.59. The van der Waals surface area contributed by atoms with Gasteiger partial charge in [0.05, 0.1) is 16.6 Å². The van der Waals surface area contributed by atoms with Crippen LogP contribution in [0.25, 0.3) is 11.0 Å². The van der Waals surface area contributed by atoms with Crippen LogP contribution in [0.2, 0.25) is 0 Å². The number of rotatable bonds is 4. The average molecular weight is 366 g/mol. The quantitative estimate of drug-likeness (QED) is 0.714. The van der Waals surface area contributed by atoms with E-state index in [4.69, 9.17) is 0 Å². The van der Waals surface area contributed by atoms with Crippen LogP contribution < -0.4 is 0 Å². The molecular formula is C20H22N4OS. The third-order valence-corrected chi connectivity index (χ3v) is 5.63. The molecule has 1 aliphatic heterocycles. The third kappa shape index (κ3) is 3.46. The molecule has 0 unspecified atom stereocenters. The number of carbonyl (C=O) groups excluding carboxylic acids is 1. The lowest BCUT2D eigenvalue weighted by Crippen LogP contribution is -2.40. The van der Waals surface area contributed by atoms with Crippen molar-refractivity contribution in [3.05, 3.63) is 54.0 Å². The van der Waals surface area contributed by atoms with Crippen LogP contribution in [0.3, 0.4) is 0 Å². The number of H-pyrrole nitrogens is 1. The Kier molecular flexibility index (Phi) is 4.93. The lowest BCUT2D eigenvalue weighted by Gasteiger charge is -2.32. The standard InChI is InChI=1S/C20H22N4OS/c1-26-19-15(7-4-10-21-19)20(25)24-11-5-6-14(13-24)12-18-22-16-8-2-3-9-17(16)23-18/h2-4,7-10,14H,5-6,11-13H2,1H3,(H,22,23)/t14-/m1/s1. The Labute approximate surface area is 157 Å². The Morgan fingerprint density at radius 3 is 3.04 bits per heavy atom. The molecule has 4 rings (SSSR count). The maximum atomic E-state index is 13.0. The molecule has 0 bridgehead atoms. The van der Waals surface area contributed by atoms with E-state index in [1.165, 1.54) is 11.8 Å². The molecule has 1 aliphatic rings. The van der Waals surface area contributed by atoms with Gasteiger partial charge in [-0.15, -0.1) is 11.8 Å². The molecule has 134 valence electrons. The summed E-state index contributed by atoms with van der Waals surface area (Å²) in [4.78, 5) is 27.4. The molecule has 1 fully saturated rings. The van der Waals surface area contributed by atoms with Crippen LogP contribution in [-0.4, -0.2) is 45.1 Å². The van der Waals surface area contributed by atoms with Gasteiger partial charge in [0, 0.05) is 25.7 Å². The van der Waals surface area contributed by atoms with Crippen molar-refractivity contribution in [3.63, 3.8) is 0 Å². The monoisotopic (exact) mass is 366 g/mol. The predicted octanol–water partition coefficient (Wildman–Crippen LogP) is 3.77. The SMILES string of the molecule is CSc1ncccc1C(=O)N1CCC[C@H](Cc2nc3ccccc3[nH]2)C1. The van der Waals surface area contributed by atoms with Gasteiger partial charge in [-0.3, -0.25) is 4.79 Å². The van der Waals surface area contributed by atoms with Gasteiger partial charge in [-0.05, 0) is 49.3 Å². The Balaban J connectivity index is 1.47. The Hall–Kier alpha value is -2.34. The number of carbonyl (C=O) groups is 1. The van der Waals surface area contributed by atoms with E-state index in [9.17, 15) is 4.79 Å². The van der Waals surface area contributed by atoms with Crippen LogP contribution in [0.1, 0.15) is 29.0 Å². The van der Waals surface area contributed by atoms with Crippen LogP contribution in [-0.2, 0) is 6.42 Å².